The zero-order valence-corrected chi connectivity index (χ0v) is 13.7. The van der Waals surface area contributed by atoms with E-state index in [2.05, 4.69) is 4.98 Å². The summed E-state index contributed by atoms with van der Waals surface area (Å²) < 4.78 is 1.80. The van der Waals surface area contributed by atoms with Gasteiger partial charge in [-0.1, -0.05) is 43.2 Å². The van der Waals surface area contributed by atoms with Gasteiger partial charge in [-0.05, 0) is 25.8 Å². The predicted molar refractivity (Wildman–Crippen MR) is 88.9 cm³/mol. The summed E-state index contributed by atoms with van der Waals surface area (Å²) in [5.41, 5.74) is 4.12. The van der Waals surface area contributed by atoms with Gasteiger partial charge >= 0.3 is 5.97 Å². The second-order valence-corrected chi connectivity index (χ2v) is 6.63. The van der Waals surface area contributed by atoms with Gasteiger partial charge in [-0.25, -0.2) is 9.78 Å². The monoisotopic (exact) mass is 314 g/mol. The normalized spacial score (nSPS) is 11.2. The van der Waals surface area contributed by atoms with Crippen molar-refractivity contribution in [2.75, 3.05) is 0 Å². The lowest BCUT2D eigenvalue weighted by Gasteiger charge is -2.05. The van der Waals surface area contributed by atoms with E-state index in [1.807, 2.05) is 45.0 Å². The molecule has 3 rings (SSSR count). The van der Waals surface area contributed by atoms with Crippen molar-refractivity contribution in [2.45, 2.75) is 33.6 Å². The third-order valence-corrected chi connectivity index (χ3v) is 4.69. The minimum absolute atomic E-state index is 0.303. The summed E-state index contributed by atoms with van der Waals surface area (Å²) in [4.78, 5) is 18.1. The Morgan fingerprint density at radius 3 is 2.55 bits per heavy atom. The lowest BCUT2D eigenvalue weighted by Crippen LogP contribution is -2.06. The van der Waals surface area contributed by atoms with Crippen LogP contribution < -0.4 is 0 Å². The Labute approximate surface area is 133 Å². The van der Waals surface area contributed by atoms with E-state index in [4.69, 9.17) is 0 Å². The molecule has 0 unspecified atom stereocenters. The molecule has 5 heteroatoms. The van der Waals surface area contributed by atoms with Crippen molar-refractivity contribution in [3.63, 3.8) is 0 Å². The molecule has 0 saturated heterocycles. The first-order valence-corrected chi connectivity index (χ1v) is 8.15. The molecule has 4 nitrogen and oxygen atoms in total. The fraction of sp³-hybridized carbons (Fsp3) is 0.294. The van der Waals surface area contributed by atoms with Crippen molar-refractivity contribution in [3.8, 4) is 11.3 Å². The number of thiazole rings is 1. The summed E-state index contributed by atoms with van der Waals surface area (Å²) >= 11 is 1.54. The third-order valence-electron chi connectivity index (χ3n) is 3.73. The molecule has 0 radical (unpaired) electrons. The summed E-state index contributed by atoms with van der Waals surface area (Å²) in [5.74, 6) is -0.915. The van der Waals surface area contributed by atoms with Crippen LogP contribution in [-0.2, 0) is 6.42 Å². The molecule has 1 N–H and O–H groups in total. The zero-order chi connectivity index (χ0) is 15.9. The third kappa shape index (κ3) is 2.31. The molecule has 0 fully saturated rings. The highest BCUT2D eigenvalue weighted by Crippen LogP contribution is 2.33. The maximum atomic E-state index is 11.8. The van der Waals surface area contributed by atoms with Crippen LogP contribution in [0.1, 0.15) is 40.0 Å². The number of aromatic carboxylic acids is 1. The first-order chi connectivity index (χ1) is 10.5. The molecule has 1 aromatic carbocycles. The van der Waals surface area contributed by atoms with Crippen LogP contribution in [0.25, 0.3) is 16.2 Å². The van der Waals surface area contributed by atoms with Gasteiger partial charge in [-0.3, -0.25) is 4.40 Å². The Balaban J connectivity index is 2.31. The number of nitrogens with zero attached hydrogens (tertiary/aromatic N) is 2. The molecule has 3 aromatic rings. The topological polar surface area (TPSA) is 54.6 Å². The molecule has 0 aliphatic heterocycles. The van der Waals surface area contributed by atoms with Crippen LogP contribution in [0.15, 0.2) is 24.3 Å². The Hall–Kier alpha value is -2.14. The minimum atomic E-state index is -0.915. The highest BCUT2D eigenvalue weighted by atomic mass is 32.1. The van der Waals surface area contributed by atoms with E-state index in [1.165, 1.54) is 5.56 Å². The fourth-order valence-electron chi connectivity index (χ4n) is 2.74. The average molecular weight is 314 g/mol. The van der Waals surface area contributed by atoms with Gasteiger partial charge in [0.25, 0.3) is 0 Å². The zero-order valence-electron chi connectivity index (χ0n) is 12.9. The molecule has 114 valence electrons. The lowest BCUT2D eigenvalue weighted by atomic mass is 10.1. The summed E-state index contributed by atoms with van der Waals surface area (Å²) in [6, 6.07) is 8.16. The molecule has 0 aliphatic rings. The molecular weight excluding hydrogens is 296 g/mol. The Morgan fingerprint density at radius 2 is 1.95 bits per heavy atom. The minimum Gasteiger partial charge on any atom is -0.477 e. The van der Waals surface area contributed by atoms with Crippen molar-refractivity contribution < 1.29 is 9.90 Å². The number of benzene rings is 1. The molecule has 0 spiro atoms. The molecule has 0 atom stereocenters. The number of hydrogen-bond acceptors (Lipinski definition) is 3. The summed E-state index contributed by atoms with van der Waals surface area (Å²) in [5, 5.41) is 9.65. The summed E-state index contributed by atoms with van der Waals surface area (Å²) in [6.07, 6.45) is 1.56. The number of fused-ring (bicyclic) bond motifs is 1. The second-order valence-electron chi connectivity index (χ2n) is 5.45. The lowest BCUT2D eigenvalue weighted by molar-refractivity contribution is 0.0688. The molecule has 0 bridgehead atoms. The molecule has 0 aliphatic carbocycles. The smallest absolute Gasteiger partial charge is 0.354 e. The number of carbonyl (C=O) groups is 1. The van der Waals surface area contributed by atoms with Crippen LogP contribution in [-0.4, -0.2) is 20.5 Å². The Kier molecular flexibility index (Phi) is 3.74. The highest BCUT2D eigenvalue weighted by molar-refractivity contribution is 7.17. The predicted octanol–water partition coefficient (Wildman–Crippen LogP) is 4.33. The van der Waals surface area contributed by atoms with Gasteiger partial charge in [0.2, 0.25) is 0 Å². The van der Waals surface area contributed by atoms with Gasteiger partial charge in [0.1, 0.15) is 0 Å². The number of carboxylic acids is 1. The standard InChI is InChI=1S/C17H18N2O2S/c1-4-5-13-15(16(20)21)19-14(11(3)22-17(19)18-13)12-8-6-10(2)7-9-12/h6-9H,4-5H2,1-3H3,(H,20,21). The van der Waals surface area contributed by atoms with E-state index < -0.39 is 5.97 Å². The van der Waals surface area contributed by atoms with Crippen molar-refractivity contribution in [2.24, 2.45) is 0 Å². The molecule has 2 aromatic heterocycles. The van der Waals surface area contributed by atoms with E-state index in [-0.39, 0.29) is 0 Å². The van der Waals surface area contributed by atoms with Gasteiger partial charge in [-0.2, -0.15) is 0 Å². The fourth-order valence-corrected chi connectivity index (χ4v) is 3.75. The van der Waals surface area contributed by atoms with Crippen LogP contribution in [0.4, 0.5) is 0 Å². The Morgan fingerprint density at radius 1 is 1.27 bits per heavy atom. The van der Waals surface area contributed by atoms with Gasteiger partial charge in [0.15, 0.2) is 10.7 Å². The van der Waals surface area contributed by atoms with E-state index in [9.17, 15) is 9.90 Å². The molecular formula is C17H18N2O2S. The van der Waals surface area contributed by atoms with E-state index >= 15 is 0 Å². The summed E-state index contributed by atoms with van der Waals surface area (Å²) in [7, 11) is 0. The number of imidazole rings is 1. The SMILES string of the molecule is CCCc1nc2sc(C)c(-c3ccc(C)cc3)n2c1C(=O)O. The van der Waals surface area contributed by atoms with Crippen LogP contribution in [0.5, 0.6) is 0 Å². The van der Waals surface area contributed by atoms with Crippen molar-refractivity contribution in [1.29, 1.82) is 0 Å². The van der Waals surface area contributed by atoms with Crippen molar-refractivity contribution >= 4 is 22.3 Å². The van der Waals surface area contributed by atoms with E-state index in [0.717, 1.165) is 27.5 Å². The quantitative estimate of drug-likeness (QED) is 0.780. The van der Waals surface area contributed by atoms with Crippen LogP contribution in [0, 0.1) is 13.8 Å². The van der Waals surface area contributed by atoms with Gasteiger partial charge in [0.05, 0.1) is 11.4 Å². The van der Waals surface area contributed by atoms with Crippen LogP contribution >= 0.6 is 11.3 Å². The first-order valence-electron chi connectivity index (χ1n) is 7.34. The second kappa shape index (κ2) is 5.57. The first kappa shape index (κ1) is 14.8. The van der Waals surface area contributed by atoms with E-state index in [1.54, 1.807) is 15.7 Å². The van der Waals surface area contributed by atoms with E-state index in [0.29, 0.717) is 17.8 Å². The maximum absolute atomic E-state index is 11.8. The largest absolute Gasteiger partial charge is 0.477 e. The van der Waals surface area contributed by atoms with Gasteiger partial charge in [-0.15, -0.1) is 11.3 Å². The van der Waals surface area contributed by atoms with Crippen LogP contribution in [0.2, 0.25) is 0 Å². The molecule has 22 heavy (non-hydrogen) atoms. The number of hydrogen-bond donors (Lipinski definition) is 1. The van der Waals surface area contributed by atoms with Crippen molar-refractivity contribution in [1.82, 2.24) is 9.38 Å². The molecule has 0 saturated carbocycles. The average Bonchev–Trinajstić information content (AvgIpc) is 2.94. The molecule has 2 heterocycles. The molecule has 0 amide bonds. The van der Waals surface area contributed by atoms with Crippen LogP contribution in [0.3, 0.4) is 0 Å². The van der Waals surface area contributed by atoms with Gasteiger partial charge < -0.3 is 5.11 Å². The maximum Gasteiger partial charge on any atom is 0.354 e. The number of rotatable bonds is 4. The summed E-state index contributed by atoms with van der Waals surface area (Å²) in [6.45, 7) is 6.09. The number of aryl methyl sites for hydroxylation is 3. The Bertz CT molecular complexity index is 844. The number of aromatic nitrogens is 2. The van der Waals surface area contributed by atoms with Crippen molar-refractivity contribution in [3.05, 3.63) is 46.1 Å². The number of carboxylic acid groups (broad SMARTS) is 1. The highest BCUT2D eigenvalue weighted by Gasteiger charge is 2.23. The van der Waals surface area contributed by atoms with Gasteiger partial charge in [0, 0.05) is 4.88 Å².